The van der Waals surface area contributed by atoms with Gasteiger partial charge in [0.2, 0.25) is 0 Å². The lowest BCUT2D eigenvalue weighted by Gasteiger charge is -2.35. The molecule has 1 aliphatic rings. The fourth-order valence-corrected chi connectivity index (χ4v) is 3.50. The molecule has 8 heteroatoms. The third-order valence-corrected chi connectivity index (χ3v) is 4.87. The first-order valence-electron chi connectivity index (χ1n) is 8.33. The van der Waals surface area contributed by atoms with Gasteiger partial charge in [-0.1, -0.05) is 13.8 Å². The minimum Gasteiger partial charge on any atom is -0.370 e. The maximum atomic E-state index is 6.19. The minimum atomic E-state index is 0.526. The van der Waals surface area contributed by atoms with Crippen molar-refractivity contribution in [2.75, 3.05) is 31.1 Å². The first kappa shape index (κ1) is 16.8. The third kappa shape index (κ3) is 4.05. The molecule has 0 radical (unpaired) electrons. The van der Waals surface area contributed by atoms with Crippen LogP contribution in [0.5, 0.6) is 0 Å². The van der Waals surface area contributed by atoms with Crippen LogP contribution in [0.3, 0.4) is 0 Å². The van der Waals surface area contributed by atoms with Crippen LogP contribution in [0.25, 0.3) is 0 Å². The van der Waals surface area contributed by atoms with Gasteiger partial charge in [0.05, 0.1) is 0 Å². The number of piperazine rings is 1. The Morgan fingerprint density at radius 1 is 1.25 bits per heavy atom. The number of hydrogen-bond donors (Lipinski definition) is 1. The van der Waals surface area contributed by atoms with Gasteiger partial charge in [-0.2, -0.15) is 0 Å². The average molecular weight is 347 g/mol. The fraction of sp³-hybridized carbons (Fsp3) is 0.562. The molecule has 0 aliphatic carbocycles. The number of aliphatic imine (C=N–C) groups is 1. The molecule has 0 spiro atoms. The van der Waals surface area contributed by atoms with E-state index in [0.29, 0.717) is 18.4 Å². The van der Waals surface area contributed by atoms with Gasteiger partial charge in [-0.15, -0.1) is 11.3 Å². The number of thiazole rings is 1. The van der Waals surface area contributed by atoms with Crippen LogP contribution in [-0.2, 0) is 13.1 Å². The van der Waals surface area contributed by atoms with Crippen molar-refractivity contribution in [2.24, 2.45) is 16.6 Å². The molecule has 1 fully saturated rings. The maximum absolute atomic E-state index is 6.19. The molecule has 0 aromatic carbocycles. The molecule has 24 heavy (non-hydrogen) atoms. The lowest BCUT2D eigenvalue weighted by Crippen LogP contribution is -2.51. The highest BCUT2D eigenvalue weighted by molar-refractivity contribution is 7.13. The quantitative estimate of drug-likeness (QED) is 0.657. The number of aromatic nitrogens is 3. The second kappa shape index (κ2) is 7.65. The fourth-order valence-electron chi connectivity index (χ4n) is 2.80. The van der Waals surface area contributed by atoms with Crippen LogP contribution >= 0.6 is 11.3 Å². The minimum absolute atomic E-state index is 0.526. The number of guanidine groups is 1. The molecule has 0 bridgehead atoms. The van der Waals surface area contributed by atoms with Crippen molar-refractivity contribution in [1.29, 1.82) is 0 Å². The van der Waals surface area contributed by atoms with E-state index in [1.165, 1.54) is 0 Å². The van der Waals surface area contributed by atoms with E-state index in [1.54, 1.807) is 11.3 Å². The van der Waals surface area contributed by atoms with Gasteiger partial charge in [0.15, 0.2) is 11.1 Å². The Labute approximate surface area is 146 Å². The Bertz CT molecular complexity index is 654. The zero-order valence-corrected chi connectivity index (χ0v) is 15.1. The topological polar surface area (TPSA) is 75.6 Å². The van der Waals surface area contributed by atoms with Gasteiger partial charge in [0.1, 0.15) is 12.4 Å². The van der Waals surface area contributed by atoms with Gasteiger partial charge in [-0.05, 0) is 5.92 Å². The van der Waals surface area contributed by atoms with Gasteiger partial charge in [0, 0.05) is 56.7 Å². The molecule has 1 saturated heterocycles. The molecule has 2 aromatic rings. The van der Waals surface area contributed by atoms with Crippen LogP contribution in [0.4, 0.5) is 5.13 Å². The lowest BCUT2D eigenvalue weighted by atomic mass is 10.2. The van der Waals surface area contributed by atoms with Crippen molar-refractivity contribution in [1.82, 2.24) is 19.4 Å². The first-order valence-corrected chi connectivity index (χ1v) is 9.20. The van der Waals surface area contributed by atoms with Gasteiger partial charge in [0.25, 0.3) is 0 Å². The van der Waals surface area contributed by atoms with E-state index < -0.39 is 0 Å². The van der Waals surface area contributed by atoms with E-state index in [4.69, 9.17) is 5.73 Å². The van der Waals surface area contributed by atoms with E-state index in [1.807, 2.05) is 24.0 Å². The van der Waals surface area contributed by atoms with Crippen molar-refractivity contribution in [2.45, 2.75) is 26.9 Å². The summed E-state index contributed by atoms with van der Waals surface area (Å²) in [7, 11) is 0. The predicted octanol–water partition coefficient (Wildman–Crippen LogP) is 1.63. The second-order valence-corrected chi connectivity index (χ2v) is 7.23. The van der Waals surface area contributed by atoms with Crippen LogP contribution in [0.15, 0.2) is 29.0 Å². The monoisotopic (exact) mass is 347 g/mol. The Morgan fingerprint density at radius 3 is 2.71 bits per heavy atom. The SMILES string of the molecule is CC(C)Cn1ccnc1CN=C(N)N1CCN(c2nccs2)CC1. The zero-order valence-electron chi connectivity index (χ0n) is 14.3. The highest BCUT2D eigenvalue weighted by Crippen LogP contribution is 2.18. The zero-order chi connectivity index (χ0) is 16.9. The number of nitrogens with two attached hydrogens (primary N) is 1. The number of nitrogens with zero attached hydrogens (tertiary/aromatic N) is 6. The van der Waals surface area contributed by atoms with Gasteiger partial charge >= 0.3 is 0 Å². The van der Waals surface area contributed by atoms with Crippen molar-refractivity contribution < 1.29 is 0 Å². The summed E-state index contributed by atoms with van der Waals surface area (Å²) in [4.78, 5) is 17.8. The molecule has 7 nitrogen and oxygen atoms in total. The van der Waals surface area contributed by atoms with E-state index in [0.717, 1.165) is 43.7 Å². The third-order valence-electron chi connectivity index (χ3n) is 4.04. The molecule has 2 N–H and O–H groups in total. The summed E-state index contributed by atoms with van der Waals surface area (Å²) in [6.07, 6.45) is 5.69. The molecular formula is C16H25N7S. The summed E-state index contributed by atoms with van der Waals surface area (Å²) in [6, 6.07) is 0. The van der Waals surface area contributed by atoms with Crippen LogP contribution in [-0.4, -0.2) is 51.6 Å². The van der Waals surface area contributed by atoms with Crippen molar-refractivity contribution in [3.05, 3.63) is 29.8 Å². The first-order chi connectivity index (χ1) is 11.6. The highest BCUT2D eigenvalue weighted by Gasteiger charge is 2.19. The summed E-state index contributed by atoms with van der Waals surface area (Å²) in [5, 5.41) is 3.09. The summed E-state index contributed by atoms with van der Waals surface area (Å²) in [6.45, 7) is 9.46. The largest absolute Gasteiger partial charge is 0.370 e. The van der Waals surface area contributed by atoms with Crippen LogP contribution in [0, 0.1) is 5.92 Å². The lowest BCUT2D eigenvalue weighted by molar-refractivity contribution is 0.380. The number of imidazole rings is 1. The summed E-state index contributed by atoms with van der Waals surface area (Å²) >= 11 is 1.68. The standard InChI is InChI=1S/C16H25N7S/c1-13(2)12-23-5-3-18-14(23)11-20-15(17)21-6-8-22(9-7-21)16-19-4-10-24-16/h3-5,10,13H,6-9,11-12H2,1-2H3,(H2,17,20). The number of hydrogen-bond acceptors (Lipinski definition) is 5. The molecular weight excluding hydrogens is 322 g/mol. The number of rotatable bonds is 5. The van der Waals surface area contributed by atoms with Crippen LogP contribution < -0.4 is 10.6 Å². The Balaban J connectivity index is 1.54. The molecule has 3 rings (SSSR count). The molecule has 3 heterocycles. The normalized spacial score (nSPS) is 16.2. The van der Waals surface area contributed by atoms with Crippen LogP contribution in [0.2, 0.25) is 0 Å². The maximum Gasteiger partial charge on any atom is 0.191 e. The smallest absolute Gasteiger partial charge is 0.191 e. The van der Waals surface area contributed by atoms with E-state index in [-0.39, 0.29) is 0 Å². The predicted molar refractivity (Wildman–Crippen MR) is 98.3 cm³/mol. The second-order valence-electron chi connectivity index (χ2n) is 6.35. The average Bonchev–Trinajstić information content (AvgIpc) is 3.24. The van der Waals surface area contributed by atoms with E-state index in [2.05, 4.69) is 43.2 Å². The molecule has 130 valence electrons. The van der Waals surface area contributed by atoms with Gasteiger partial charge in [-0.25, -0.2) is 15.0 Å². The summed E-state index contributed by atoms with van der Waals surface area (Å²) in [5.74, 6) is 2.15. The molecule has 1 aliphatic heterocycles. The molecule has 2 aromatic heterocycles. The Hall–Kier alpha value is -2.09. The van der Waals surface area contributed by atoms with Gasteiger partial charge in [-0.3, -0.25) is 0 Å². The highest BCUT2D eigenvalue weighted by atomic mass is 32.1. The molecule has 0 atom stereocenters. The molecule has 0 saturated carbocycles. The van der Waals surface area contributed by atoms with E-state index in [9.17, 15) is 0 Å². The van der Waals surface area contributed by atoms with Gasteiger partial charge < -0.3 is 20.1 Å². The summed E-state index contributed by atoms with van der Waals surface area (Å²) < 4.78 is 2.15. The van der Waals surface area contributed by atoms with Crippen molar-refractivity contribution in [3.8, 4) is 0 Å². The van der Waals surface area contributed by atoms with Crippen molar-refractivity contribution in [3.63, 3.8) is 0 Å². The van der Waals surface area contributed by atoms with E-state index >= 15 is 0 Å². The van der Waals surface area contributed by atoms with Crippen molar-refractivity contribution >= 4 is 22.4 Å². The molecule has 0 amide bonds. The summed E-state index contributed by atoms with van der Waals surface area (Å²) in [5.41, 5.74) is 6.19. The molecule has 0 unspecified atom stereocenters. The van der Waals surface area contributed by atoms with Crippen LogP contribution in [0.1, 0.15) is 19.7 Å². The number of anilines is 1. The Kier molecular flexibility index (Phi) is 5.34. The Morgan fingerprint density at radius 2 is 2.04 bits per heavy atom.